The summed E-state index contributed by atoms with van der Waals surface area (Å²) in [6.07, 6.45) is 16.4. The second-order valence-electron chi connectivity index (χ2n) is 15.1. The number of amides is 4. The molecule has 0 aromatic carbocycles. The highest BCUT2D eigenvalue weighted by atomic mass is 16.2. The highest BCUT2D eigenvalue weighted by molar-refractivity contribution is 5.76. The van der Waals surface area contributed by atoms with Crippen LogP contribution in [0.5, 0.6) is 0 Å². The summed E-state index contributed by atoms with van der Waals surface area (Å²) >= 11 is 0. The Labute approximate surface area is 210 Å². The molecule has 0 heterocycles. The zero-order valence-corrected chi connectivity index (χ0v) is 21.8. The first-order chi connectivity index (χ1) is 16.7. The van der Waals surface area contributed by atoms with Crippen LogP contribution in [-0.2, 0) is 0 Å². The Morgan fingerprint density at radius 1 is 0.629 bits per heavy atom. The lowest BCUT2D eigenvalue weighted by Gasteiger charge is -2.57. The summed E-state index contributed by atoms with van der Waals surface area (Å²) < 4.78 is 0. The lowest BCUT2D eigenvalue weighted by atomic mass is 9.53. The van der Waals surface area contributed by atoms with E-state index in [1.54, 1.807) is 0 Å². The lowest BCUT2D eigenvalue weighted by Crippen LogP contribution is -2.66. The average Bonchev–Trinajstić information content (AvgIpc) is 2.73. The minimum absolute atomic E-state index is 0.00717. The molecule has 9 aliphatic carbocycles. The van der Waals surface area contributed by atoms with Gasteiger partial charge in [-0.1, -0.05) is 13.8 Å². The van der Waals surface area contributed by atoms with Crippen LogP contribution in [0, 0.1) is 46.8 Å². The second-order valence-corrected chi connectivity index (χ2v) is 15.1. The Balaban J connectivity index is 0.887. The van der Waals surface area contributed by atoms with Crippen LogP contribution in [0.25, 0.3) is 0 Å². The van der Waals surface area contributed by atoms with Gasteiger partial charge in [-0.3, -0.25) is 0 Å². The molecule has 2 unspecified atom stereocenters. The van der Waals surface area contributed by atoms with Crippen LogP contribution in [0.1, 0.15) is 97.3 Å². The molecule has 0 aromatic heterocycles. The molecule has 8 bridgehead atoms. The van der Waals surface area contributed by atoms with E-state index in [2.05, 4.69) is 35.1 Å². The van der Waals surface area contributed by atoms with E-state index in [1.807, 2.05) is 0 Å². The van der Waals surface area contributed by atoms with Gasteiger partial charge >= 0.3 is 12.1 Å². The van der Waals surface area contributed by atoms with E-state index in [0.29, 0.717) is 12.5 Å². The Bertz CT molecular complexity index is 827. The predicted molar refractivity (Wildman–Crippen MR) is 136 cm³/mol. The average molecular weight is 483 g/mol. The van der Waals surface area contributed by atoms with E-state index in [9.17, 15) is 9.59 Å². The summed E-state index contributed by atoms with van der Waals surface area (Å²) in [6, 6.07) is 0.240. The van der Waals surface area contributed by atoms with Crippen molar-refractivity contribution in [2.45, 2.75) is 114 Å². The number of carbonyl (C=O) groups is 2. The van der Waals surface area contributed by atoms with Gasteiger partial charge in [-0.25, -0.2) is 9.59 Å². The summed E-state index contributed by atoms with van der Waals surface area (Å²) in [5, 5.41) is 13.4. The van der Waals surface area contributed by atoms with Crippen LogP contribution in [0.4, 0.5) is 9.59 Å². The van der Waals surface area contributed by atoms with Crippen LogP contribution in [0.2, 0.25) is 0 Å². The maximum Gasteiger partial charge on any atom is 0.315 e. The van der Waals surface area contributed by atoms with E-state index in [1.165, 1.54) is 77.0 Å². The maximum absolute atomic E-state index is 13.0. The minimum atomic E-state index is -0.00717. The number of nitrogens with one attached hydrogen (secondary N) is 4. The van der Waals surface area contributed by atoms with Crippen molar-refractivity contribution in [2.75, 3.05) is 6.54 Å². The Kier molecular flexibility index (Phi) is 5.04. The second kappa shape index (κ2) is 7.77. The molecule has 9 fully saturated rings. The summed E-state index contributed by atoms with van der Waals surface area (Å²) in [4.78, 5) is 25.9. The summed E-state index contributed by atoms with van der Waals surface area (Å²) in [7, 11) is 0. The van der Waals surface area contributed by atoms with Gasteiger partial charge in [-0.2, -0.15) is 0 Å². The fraction of sp³-hybridized carbons (Fsp3) is 0.931. The van der Waals surface area contributed by atoms with Crippen molar-refractivity contribution in [3.63, 3.8) is 0 Å². The van der Waals surface area contributed by atoms with Crippen LogP contribution in [0.15, 0.2) is 0 Å². The first kappa shape index (κ1) is 22.7. The van der Waals surface area contributed by atoms with Gasteiger partial charge in [-0.15, -0.1) is 0 Å². The molecule has 9 saturated carbocycles. The van der Waals surface area contributed by atoms with Crippen molar-refractivity contribution in [1.29, 1.82) is 0 Å². The van der Waals surface area contributed by atoms with Crippen molar-refractivity contribution in [1.82, 2.24) is 21.3 Å². The zero-order chi connectivity index (χ0) is 24.0. The molecular weight excluding hydrogens is 436 g/mol. The van der Waals surface area contributed by atoms with Crippen molar-refractivity contribution in [3.8, 4) is 0 Å². The first-order valence-corrected chi connectivity index (χ1v) is 14.8. The van der Waals surface area contributed by atoms with Gasteiger partial charge in [0.2, 0.25) is 0 Å². The van der Waals surface area contributed by atoms with Gasteiger partial charge in [0.25, 0.3) is 0 Å². The van der Waals surface area contributed by atoms with Crippen molar-refractivity contribution in [3.05, 3.63) is 0 Å². The van der Waals surface area contributed by atoms with Crippen LogP contribution < -0.4 is 21.3 Å². The van der Waals surface area contributed by atoms with E-state index in [0.717, 1.165) is 41.9 Å². The zero-order valence-electron chi connectivity index (χ0n) is 21.8. The van der Waals surface area contributed by atoms with Crippen molar-refractivity contribution < 1.29 is 9.59 Å². The Morgan fingerprint density at radius 3 is 1.43 bits per heavy atom. The minimum Gasteiger partial charge on any atom is -0.338 e. The third-order valence-electron chi connectivity index (χ3n) is 12.1. The highest BCUT2D eigenvalue weighted by Crippen LogP contribution is 2.57. The molecule has 9 rings (SSSR count). The van der Waals surface area contributed by atoms with Gasteiger partial charge in [-0.05, 0) is 130 Å². The third kappa shape index (κ3) is 3.96. The summed E-state index contributed by atoms with van der Waals surface area (Å²) in [5.74, 6) is 5.41. The van der Waals surface area contributed by atoms with Gasteiger partial charge in [0.1, 0.15) is 0 Å². The largest absolute Gasteiger partial charge is 0.338 e. The molecule has 0 aliphatic heterocycles. The molecule has 4 amide bonds. The number of rotatable bonds is 5. The van der Waals surface area contributed by atoms with E-state index >= 15 is 0 Å². The Hall–Kier alpha value is -1.46. The van der Waals surface area contributed by atoms with E-state index in [4.69, 9.17) is 0 Å². The number of hydrogen-bond acceptors (Lipinski definition) is 2. The summed E-state index contributed by atoms with van der Waals surface area (Å²) in [6.45, 7) is 5.19. The molecule has 0 aromatic rings. The molecule has 0 spiro atoms. The topological polar surface area (TPSA) is 82.3 Å². The molecule has 6 heteroatoms. The molecule has 194 valence electrons. The molecule has 35 heavy (non-hydrogen) atoms. The molecule has 2 atom stereocenters. The van der Waals surface area contributed by atoms with E-state index < -0.39 is 0 Å². The SMILES string of the molecule is CC1(C)C(CNC(=O)NC23CC4CC(CC(C4)C2)C3)CC1NC(=O)NC12CC3CC(CC(C3)C1)C2. The molecular formula is C29H46N4O2. The first-order valence-electron chi connectivity index (χ1n) is 14.8. The maximum atomic E-state index is 13.0. The van der Waals surface area contributed by atoms with Crippen LogP contribution >= 0.6 is 0 Å². The van der Waals surface area contributed by atoms with Crippen molar-refractivity contribution in [2.24, 2.45) is 46.8 Å². The number of hydrogen-bond donors (Lipinski definition) is 4. The molecule has 6 nitrogen and oxygen atoms in total. The fourth-order valence-electron chi connectivity index (χ4n) is 11.1. The van der Waals surface area contributed by atoms with Crippen LogP contribution in [0.3, 0.4) is 0 Å². The lowest BCUT2D eigenvalue weighted by molar-refractivity contribution is -0.0175. The van der Waals surface area contributed by atoms with E-state index in [-0.39, 0.29) is 34.6 Å². The predicted octanol–water partition coefficient (Wildman–Crippen LogP) is 4.94. The monoisotopic (exact) mass is 482 g/mol. The van der Waals surface area contributed by atoms with Gasteiger partial charge < -0.3 is 21.3 Å². The van der Waals surface area contributed by atoms with Crippen LogP contribution in [-0.4, -0.2) is 35.7 Å². The molecule has 4 N–H and O–H groups in total. The standard InChI is InChI=1S/C29H46N4O2/c1-27(2)23(16-30-25(34)32-28-10-17-3-18(11-28)5-19(4-17)12-28)9-24(27)31-26(35)33-29-13-20-6-21(14-29)8-22(7-20)15-29/h17-24H,3-16H2,1-2H3,(H2,30,32,34)(H2,31,33,35). The smallest absolute Gasteiger partial charge is 0.315 e. The van der Waals surface area contributed by atoms with Gasteiger partial charge in [0, 0.05) is 23.7 Å². The molecule has 0 saturated heterocycles. The highest BCUT2D eigenvalue weighted by Gasteiger charge is 2.54. The number of carbonyl (C=O) groups excluding carboxylic acids is 2. The molecule has 0 radical (unpaired) electrons. The fourth-order valence-corrected chi connectivity index (χ4v) is 11.1. The van der Waals surface area contributed by atoms with Crippen molar-refractivity contribution >= 4 is 12.1 Å². The quantitative estimate of drug-likeness (QED) is 0.448. The normalized spacial score (nSPS) is 49.9. The number of urea groups is 2. The molecule has 9 aliphatic rings. The summed E-state index contributed by atoms with van der Waals surface area (Å²) in [5.41, 5.74) is 0.114. The third-order valence-corrected chi connectivity index (χ3v) is 12.1. The van der Waals surface area contributed by atoms with Gasteiger partial charge in [0.15, 0.2) is 0 Å². The van der Waals surface area contributed by atoms with Gasteiger partial charge in [0.05, 0.1) is 0 Å². The Morgan fingerprint density at radius 2 is 1.03 bits per heavy atom.